The first kappa shape index (κ1) is 18.2. The molecule has 1 N–H and O–H groups in total. The third kappa shape index (κ3) is 3.80. The Labute approximate surface area is 161 Å². The van der Waals surface area contributed by atoms with E-state index in [1.807, 2.05) is 68.4 Å². The molecule has 134 valence electrons. The second kappa shape index (κ2) is 7.74. The number of hydrogen-bond acceptors (Lipinski definition) is 3. The summed E-state index contributed by atoms with van der Waals surface area (Å²) in [7, 11) is 1.77. The maximum Gasteiger partial charge on any atom is 0.322 e. The number of nitrogens with zero attached hydrogens (tertiary/aromatic N) is 2. The minimum absolute atomic E-state index is 0.0625. The van der Waals surface area contributed by atoms with Crippen LogP contribution in [-0.2, 0) is 0 Å². The summed E-state index contributed by atoms with van der Waals surface area (Å²) < 4.78 is 6.42. The third-order valence-electron chi connectivity index (χ3n) is 4.38. The van der Waals surface area contributed by atoms with E-state index in [4.69, 9.17) is 4.52 Å². The maximum atomic E-state index is 12.8. The monoisotopic (exact) mass is 413 g/mol. The smallest absolute Gasteiger partial charge is 0.322 e. The van der Waals surface area contributed by atoms with Crippen LogP contribution in [0.25, 0.3) is 11.3 Å². The van der Waals surface area contributed by atoms with E-state index in [-0.39, 0.29) is 12.1 Å². The van der Waals surface area contributed by atoms with E-state index in [1.54, 1.807) is 11.9 Å². The van der Waals surface area contributed by atoms with Crippen molar-refractivity contribution < 1.29 is 9.32 Å². The largest absolute Gasteiger partial charge is 0.354 e. The van der Waals surface area contributed by atoms with Crippen molar-refractivity contribution in [1.82, 2.24) is 10.1 Å². The van der Waals surface area contributed by atoms with Crippen LogP contribution in [0.15, 0.2) is 63.6 Å². The molecule has 0 radical (unpaired) electrons. The van der Waals surface area contributed by atoms with Crippen LogP contribution < -0.4 is 5.32 Å². The highest BCUT2D eigenvalue weighted by Crippen LogP contribution is 2.32. The predicted octanol–water partition coefficient (Wildman–Crippen LogP) is 5.64. The highest BCUT2D eigenvalue weighted by atomic mass is 79.9. The number of carbonyl (C=O) groups is 1. The lowest BCUT2D eigenvalue weighted by Crippen LogP contribution is -2.33. The molecule has 1 unspecified atom stereocenters. The van der Waals surface area contributed by atoms with Gasteiger partial charge in [0.15, 0.2) is 5.76 Å². The van der Waals surface area contributed by atoms with Gasteiger partial charge in [-0.15, -0.1) is 0 Å². The number of halogens is 1. The normalized spacial score (nSPS) is 11.8. The second-order valence-electron chi connectivity index (χ2n) is 6.11. The summed E-state index contributed by atoms with van der Waals surface area (Å²) in [6.07, 6.45) is 0. The summed E-state index contributed by atoms with van der Waals surface area (Å²) >= 11 is 3.42. The van der Waals surface area contributed by atoms with Gasteiger partial charge in [0.05, 0.1) is 6.04 Å². The lowest BCUT2D eigenvalue weighted by Gasteiger charge is -2.25. The summed E-state index contributed by atoms with van der Waals surface area (Å²) in [5, 5.41) is 6.95. The Morgan fingerprint density at radius 1 is 1.15 bits per heavy atom. The van der Waals surface area contributed by atoms with Gasteiger partial charge in [-0.2, -0.15) is 0 Å². The lowest BCUT2D eigenvalue weighted by atomic mass is 10.1. The molecule has 5 nitrogen and oxygen atoms in total. The predicted molar refractivity (Wildman–Crippen MR) is 106 cm³/mol. The number of aryl methyl sites for hydroxylation is 1. The van der Waals surface area contributed by atoms with E-state index in [2.05, 4.69) is 26.4 Å². The van der Waals surface area contributed by atoms with Crippen molar-refractivity contribution in [2.75, 3.05) is 12.4 Å². The van der Waals surface area contributed by atoms with Crippen molar-refractivity contribution >= 4 is 27.6 Å². The highest BCUT2D eigenvalue weighted by molar-refractivity contribution is 9.10. The minimum atomic E-state index is -0.217. The summed E-state index contributed by atoms with van der Waals surface area (Å²) in [5.74, 6) is 0.545. The van der Waals surface area contributed by atoms with Crippen LogP contribution in [0.4, 0.5) is 10.5 Å². The van der Waals surface area contributed by atoms with E-state index < -0.39 is 0 Å². The Bertz CT molecular complexity index is 891. The summed E-state index contributed by atoms with van der Waals surface area (Å²) in [6, 6.07) is 17.3. The minimum Gasteiger partial charge on any atom is -0.354 e. The van der Waals surface area contributed by atoms with Gasteiger partial charge in [0, 0.05) is 17.1 Å². The Balaban J connectivity index is 1.81. The number of urea groups is 1. The molecule has 0 saturated heterocycles. The summed E-state index contributed by atoms with van der Waals surface area (Å²) in [5.41, 5.74) is 3.14. The van der Waals surface area contributed by atoms with Crippen molar-refractivity contribution in [1.29, 1.82) is 0 Å². The average Bonchev–Trinajstić information content (AvgIpc) is 3.02. The van der Waals surface area contributed by atoms with Crippen LogP contribution in [0.2, 0.25) is 0 Å². The van der Waals surface area contributed by atoms with Gasteiger partial charge in [0.25, 0.3) is 0 Å². The SMILES string of the molecule is Cc1noc(-c2ccc(Br)cc2)c1NC(=O)N(C)C(C)c1ccccc1. The van der Waals surface area contributed by atoms with Crippen molar-refractivity contribution in [3.05, 3.63) is 70.3 Å². The topological polar surface area (TPSA) is 58.4 Å². The average molecular weight is 414 g/mol. The number of nitrogens with one attached hydrogen (secondary N) is 1. The molecule has 0 spiro atoms. The first-order valence-corrected chi connectivity index (χ1v) is 9.07. The molecule has 0 aliphatic carbocycles. The van der Waals surface area contributed by atoms with Gasteiger partial charge < -0.3 is 14.7 Å². The fourth-order valence-electron chi connectivity index (χ4n) is 2.64. The van der Waals surface area contributed by atoms with Gasteiger partial charge in [0.2, 0.25) is 0 Å². The number of aromatic nitrogens is 1. The Morgan fingerprint density at radius 2 is 1.81 bits per heavy atom. The zero-order valence-corrected chi connectivity index (χ0v) is 16.4. The van der Waals surface area contributed by atoms with Gasteiger partial charge in [-0.1, -0.05) is 51.4 Å². The fraction of sp³-hybridized carbons (Fsp3) is 0.200. The van der Waals surface area contributed by atoms with Gasteiger partial charge in [-0.25, -0.2) is 4.79 Å². The molecule has 0 saturated carbocycles. The molecule has 3 rings (SSSR count). The van der Waals surface area contributed by atoms with E-state index in [0.717, 1.165) is 15.6 Å². The van der Waals surface area contributed by atoms with Crippen LogP contribution in [0.3, 0.4) is 0 Å². The van der Waals surface area contributed by atoms with E-state index in [1.165, 1.54) is 0 Å². The highest BCUT2D eigenvalue weighted by Gasteiger charge is 2.22. The standard InChI is InChI=1S/C20H20BrN3O2/c1-13-18(19(26-23-13)16-9-11-17(21)12-10-16)22-20(25)24(3)14(2)15-7-5-4-6-8-15/h4-12,14H,1-3H3,(H,22,25). The van der Waals surface area contributed by atoms with Crippen LogP contribution in [0, 0.1) is 6.92 Å². The first-order chi connectivity index (χ1) is 12.5. The molecular formula is C20H20BrN3O2. The number of rotatable bonds is 4. The van der Waals surface area contributed by atoms with Gasteiger partial charge in [0.1, 0.15) is 11.4 Å². The molecule has 0 fully saturated rings. The third-order valence-corrected chi connectivity index (χ3v) is 4.91. The van der Waals surface area contributed by atoms with Gasteiger partial charge in [-0.3, -0.25) is 0 Å². The van der Waals surface area contributed by atoms with Crippen molar-refractivity contribution in [2.45, 2.75) is 19.9 Å². The Morgan fingerprint density at radius 3 is 2.46 bits per heavy atom. The van der Waals surface area contributed by atoms with Crippen LogP contribution in [0.1, 0.15) is 24.2 Å². The number of carbonyl (C=O) groups excluding carboxylic acids is 1. The van der Waals surface area contributed by atoms with Crippen molar-refractivity contribution in [3.8, 4) is 11.3 Å². The Hall–Kier alpha value is -2.60. The molecule has 3 aromatic rings. The fourth-order valence-corrected chi connectivity index (χ4v) is 2.91. The maximum absolute atomic E-state index is 12.8. The molecular weight excluding hydrogens is 394 g/mol. The zero-order chi connectivity index (χ0) is 18.7. The van der Waals surface area contributed by atoms with E-state index >= 15 is 0 Å². The number of anilines is 1. The molecule has 1 heterocycles. The molecule has 26 heavy (non-hydrogen) atoms. The van der Waals surface area contributed by atoms with Gasteiger partial charge in [-0.05, 0) is 43.7 Å². The summed E-state index contributed by atoms with van der Waals surface area (Å²) in [4.78, 5) is 14.4. The van der Waals surface area contributed by atoms with Crippen molar-refractivity contribution in [3.63, 3.8) is 0 Å². The second-order valence-corrected chi connectivity index (χ2v) is 7.02. The van der Waals surface area contributed by atoms with Crippen LogP contribution in [-0.4, -0.2) is 23.1 Å². The van der Waals surface area contributed by atoms with Gasteiger partial charge >= 0.3 is 6.03 Å². The molecule has 1 atom stereocenters. The quantitative estimate of drug-likeness (QED) is 0.601. The number of amides is 2. The number of benzene rings is 2. The zero-order valence-electron chi connectivity index (χ0n) is 14.9. The molecule has 6 heteroatoms. The lowest BCUT2D eigenvalue weighted by molar-refractivity contribution is 0.208. The first-order valence-electron chi connectivity index (χ1n) is 8.28. The van der Waals surface area contributed by atoms with E-state index in [0.29, 0.717) is 17.1 Å². The molecule has 0 aliphatic rings. The van der Waals surface area contributed by atoms with Crippen LogP contribution >= 0.6 is 15.9 Å². The molecule has 2 aromatic carbocycles. The van der Waals surface area contributed by atoms with E-state index in [9.17, 15) is 4.79 Å². The molecule has 0 aliphatic heterocycles. The summed E-state index contributed by atoms with van der Waals surface area (Å²) in [6.45, 7) is 3.80. The van der Waals surface area contributed by atoms with Crippen molar-refractivity contribution in [2.24, 2.45) is 0 Å². The molecule has 2 amide bonds. The molecule has 1 aromatic heterocycles. The van der Waals surface area contributed by atoms with Crippen LogP contribution in [0.5, 0.6) is 0 Å². The molecule has 0 bridgehead atoms. The Kier molecular flexibility index (Phi) is 5.42. The number of hydrogen-bond donors (Lipinski definition) is 1.